The summed E-state index contributed by atoms with van der Waals surface area (Å²) in [5, 5.41) is 9.65. The van der Waals surface area contributed by atoms with Gasteiger partial charge in [-0.1, -0.05) is 32.6 Å². The van der Waals surface area contributed by atoms with E-state index in [0.717, 1.165) is 16.7 Å². The predicted molar refractivity (Wildman–Crippen MR) is 56.9 cm³/mol. The zero-order chi connectivity index (χ0) is 10.0. The van der Waals surface area contributed by atoms with Crippen molar-refractivity contribution < 1.29 is 5.11 Å². The largest absolute Gasteiger partial charge is 0.507 e. The molecule has 0 aliphatic rings. The molecule has 1 nitrogen and oxygen atoms in total. The molecule has 1 N–H and O–H groups in total. The first-order chi connectivity index (χ1) is 6.02. The molecule has 1 aromatic rings. The molecular formula is C12H16O. The van der Waals surface area contributed by atoms with E-state index in [1.54, 1.807) is 0 Å². The first-order valence-corrected chi connectivity index (χ1v) is 4.51. The lowest BCUT2D eigenvalue weighted by atomic mass is 9.99. The molecule has 1 rings (SSSR count). The maximum absolute atomic E-state index is 9.65. The van der Waals surface area contributed by atoms with Crippen LogP contribution in [-0.4, -0.2) is 5.11 Å². The van der Waals surface area contributed by atoms with E-state index in [0.29, 0.717) is 11.7 Å². The summed E-state index contributed by atoms with van der Waals surface area (Å²) in [7, 11) is 0. The van der Waals surface area contributed by atoms with Crippen molar-refractivity contribution in [2.45, 2.75) is 26.7 Å². The summed E-state index contributed by atoms with van der Waals surface area (Å²) in [4.78, 5) is 0. The summed E-state index contributed by atoms with van der Waals surface area (Å²) < 4.78 is 0. The summed E-state index contributed by atoms with van der Waals surface area (Å²) in [6.45, 7) is 9.91. The minimum Gasteiger partial charge on any atom is -0.507 e. The molecular weight excluding hydrogens is 160 g/mol. The van der Waals surface area contributed by atoms with Crippen LogP contribution in [0.25, 0.3) is 5.57 Å². The average Bonchev–Trinajstić information content (AvgIpc) is 2.03. The summed E-state index contributed by atoms with van der Waals surface area (Å²) in [6.07, 6.45) is 0. The van der Waals surface area contributed by atoms with Gasteiger partial charge in [-0.25, -0.2) is 0 Å². The zero-order valence-corrected chi connectivity index (χ0v) is 8.46. The van der Waals surface area contributed by atoms with Crippen molar-refractivity contribution in [3.8, 4) is 5.75 Å². The average molecular weight is 176 g/mol. The maximum atomic E-state index is 9.65. The molecule has 0 aliphatic heterocycles. The molecule has 0 saturated carbocycles. The summed E-state index contributed by atoms with van der Waals surface area (Å²) in [5.41, 5.74) is 2.89. The number of hydrogen-bond donors (Lipinski definition) is 1. The number of phenols is 1. The minimum atomic E-state index is 0.332. The van der Waals surface area contributed by atoms with E-state index < -0.39 is 0 Å². The second-order valence-electron chi connectivity index (χ2n) is 3.71. The number of rotatable bonds is 2. The van der Waals surface area contributed by atoms with Gasteiger partial charge in [0.15, 0.2) is 0 Å². The minimum absolute atomic E-state index is 0.332. The molecule has 0 aromatic heterocycles. The molecule has 0 atom stereocenters. The van der Waals surface area contributed by atoms with Crippen LogP contribution in [0.2, 0.25) is 0 Å². The fraction of sp³-hybridized carbons (Fsp3) is 0.333. The highest BCUT2D eigenvalue weighted by Crippen LogP contribution is 2.27. The number of aromatic hydroxyl groups is 1. The van der Waals surface area contributed by atoms with Gasteiger partial charge in [-0.3, -0.25) is 0 Å². The lowest BCUT2D eigenvalue weighted by Gasteiger charge is -2.09. The van der Waals surface area contributed by atoms with E-state index in [1.165, 1.54) is 0 Å². The number of hydrogen-bond acceptors (Lipinski definition) is 1. The van der Waals surface area contributed by atoms with E-state index in [-0.39, 0.29) is 0 Å². The summed E-state index contributed by atoms with van der Waals surface area (Å²) in [6, 6.07) is 5.77. The van der Waals surface area contributed by atoms with Crippen LogP contribution < -0.4 is 0 Å². The van der Waals surface area contributed by atoms with Gasteiger partial charge >= 0.3 is 0 Å². The van der Waals surface area contributed by atoms with Crippen LogP contribution in [0.4, 0.5) is 0 Å². The van der Waals surface area contributed by atoms with Crippen molar-refractivity contribution in [2.75, 3.05) is 0 Å². The molecule has 0 heterocycles. The Morgan fingerprint density at radius 1 is 1.38 bits per heavy atom. The van der Waals surface area contributed by atoms with Crippen molar-refractivity contribution in [1.82, 2.24) is 0 Å². The third-order valence-electron chi connectivity index (χ3n) is 2.15. The van der Waals surface area contributed by atoms with E-state index in [1.807, 2.05) is 25.1 Å². The van der Waals surface area contributed by atoms with Gasteiger partial charge in [-0.15, -0.1) is 0 Å². The highest BCUT2D eigenvalue weighted by Gasteiger charge is 2.04. The Morgan fingerprint density at radius 3 is 2.38 bits per heavy atom. The molecule has 0 saturated heterocycles. The molecule has 0 spiro atoms. The quantitative estimate of drug-likeness (QED) is 0.730. The van der Waals surface area contributed by atoms with E-state index in [4.69, 9.17) is 0 Å². The third-order valence-corrected chi connectivity index (χ3v) is 2.15. The van der Waals surface area contributed by atoms with Crippen LogP contribution in [0.5, 0.6) is 5.75 Å². The first-order valence-electron chi connectivity index (χ1n) is 4.51. The predicted octanol–water partition coefficient (Wildman–Crippen LogP) is 3.55. The van der Waals surface area contributed by atoms with Gasteiger partial charge in [0.2, 0.25) is 0 Å². The summed E-state index contributed by atoms with van der Waals surface area (Å²) in [5.74, 6) is 0.781. The van der Waals surface area contributed by atoms with Crippen LogP contribution in [0.1, 0.15) is 37.8 Å². The lowest BCUT2D eigenvalue weighted by Crippen LogP contribution is -1.88. The molecule has 0 radical (unpaired) electrons. The maximum Gasteiger partial charge on any atom is 0.123 e. The molecule has 13 heavy (non-hydrogen) atoms. The Balaban J connectivity index is 3.13. The SMILES string of the molecule is C=C(C)c1ccc(C(C)C)cc1O. The van der Waals surface area contributed by atoms with Crippen LogP contribution >= 0.6 is 0 Å². The van der Waals surface area contributed by atoms with Gasteiger partial charge in [-0.05, 0) is 30.0 Å². The van der Waals surface area contributed by atoms with Crippen molar-refractivity contribution in [2.24, 2.45) is 0 Å². The molecule has 0 amide bonds. The highest BCUT2D eigenvalue weighted by atomic mass is 16.3. The van der Waals surface area contributed by atoms with Crippen molar-refractivity contribution in [3.63, 3.8) is 0 Å². The van der Waals surface area contributed by atoms with Crippen LogP contribution in [-0.2, 0) is 0 Å². The smallest absolute Gasteiger partial charge is 0.123 e. The fourth-order valence-electron chi connectivity index (χ4n) is 1.27. The van der Waals surface area contributed by atoms with E-state index in [9.17, 15) is 5.11 Å². The van der Waals surface area contributed by atoms with Crippen LogP contribution in [0.3, 0.4) is 0 Å². The topological polar surface area (TPSA) is 20.2 Å². The normalized spacial score (nSPS) is 10.5. The highest BCUT2D eigenvalue weighted by molar-refractivity contribution is 5.67. The Morgan fingerprint density at radius 2 is 2.00 bits per heavy atom. The molecule has 0 aliphatic carbocycles. The van der Waals surface area contributed by atoms with Gasteiger partial charge in [0.05, 0.1) is 0 Å². The van der Waals surface area contributed by atoms with Gasteiger partial charge < -0.3 is 5.11 Å². The summed E-state index contributed by atoms with van der Waals surface area (Å²) >= 11 is 0. The molecule has 1 aromatic carbocycles. The van der Waals surface area contributed by atoms with Crippen LogP contribution in [0.15, 0.2) is 24.8 Å². The number of phenolic OH excluding ortho intramolecular Hbond substituents is 1. The standard InChI is InChI=1S/C12H16O/c1-8(2)10-5-6-11(9(3)4)12(13)7-10/h5-8,13H,3H2,1-2,4H3. The second kappa shape index (κ2) is 3.65. The van der Waals surface area contributed by atoms with Gasteiger partial charge in [0, 0.05) is 5.56 Å². The van der Waals surface area contributed by atoms with Gasteiger partial charge in [-0.2, -0.15) is 0 Å². The molecule has 0 unspecified atom stereocenters. The Bertz CT molecular complexity index is 324. The van der Waals surface area contributed by atoms with Gasteiger partial charge in [0.1, 0.15) is 5.75 Å². The lowest BCUT2D eigenvalue weighted by molar-refractivity contribution is 0.472. The zero-order valence-electron chi connectivity index (χ0n) is 8.46. The van der Waals surface area contributed by atoms with Crippen LogP contribution in [0, 0.1) is 0 Å². The molecule has 0 fully saturated rings. The van der Waals surface area contributed by atoms with E-state index >= 15 is 0 Å². The Labute approximate surface area is 79.7 Å². The van der Waals surface area contributed by atoms with Gasteiger partial charge in [0.25, 0.3) is 0 Å². The molecule has 70 valence electrons. The number of allylic oxidation sites excluding steroid dienone is 1. The Kier molecular flexibility index (Phi) is 2.76. The van der Waals surface area contributed by atoms with E-state index in [2.05, 4.69) is 20.4 Å². The van der Waals surface area contributed by atoms with Crippen molar-refractivity contribution >= 4 is 5.57 Å². The third kappa shape index (κ3) is 2.11. The first kappa shape index (κ1) is 9.85. The van der Waals surface area contributed by atoms with Crippen molar-refractivity contribution in [3.05, 3.63) is 35.9 Å². The number of benzene rings is 1. The monoisotopic (exact) mass is 176 g/mol. The fourth-order valence-corrected chi connectivity index (χ4v) is 1.27. The second-order valence-corrected chi connectivity index (χ2v) is 3.71. The van der Waals surface area contributed by atoms with Crippen molar-refractivity contribution in [1.29, 1.82) is 0 Å². The molecule has 0 bridgehead atoms. The Hall–Kier alpha value is -1.24. The molecule has 1 heteroatoms.